The maximum atomic E-state index is 11.7. The fourth-order valence-electron chi connectivity index (χ4n) is 6.81. The highest BCUT2D eigenvalue weighted by atomic mass is 16.6. The van der Waals surface area contributed by atoms with Gasteiger partial charge in [-0.2, -0.15) is 0 Å². The molecule has 5 heteroatoms. The van der Waals surface area contributed by atoms with Gasteiger partial charge in [-0.05, 0) is 72.3 Å². The van der Waals surface area contributed by atoms with Gasteiger partial charge in [0, 0.05) is 12.3 Å². The first kappa shape index (κ1) is 21.5. The molecule has 3 aliphatic carbocycles. The molecule has 0 radical (unpaired) electrons. The summed E-state index contributed by atoms with van der Waals surface area (Å²) >= 11 is 0. The number of aliphatic hydroxyl groups is 2. The van der Waals surface area contributed by atoms with E-state index in [1.165, 1.54) is 18.1 Å². The van der Waals surface area contributed by atoms with E-state index in [4.69, 9.17) is 9.47 Å². The topological polar surface area (TPSA) is 76.0 Å². The summed E-state index contributed by atoms with van der Waals surface area (Å²) in [6.07, 6.45) is 1.12. The number of carbonyl (C=O) groups excluding carboxylic acids is 1. The van der Waals surface area contributed by atoms with E-state index in [1.807, 2.05) is 18.2 Å². The smallest absolute Gasteiger partial charge is 0.303 e. The van der Waals surface area contributed by atoms with Crippen LogP contribution < -0.4 is 4.74 Å². The predicted molar refractivity (Wildman–Crippen MR) is 120 cm³/mol. The fourth-order valence-corrected chi connectivity index (χ4v) is 6.81. The third-order valence-corrected chi connectivity index (χ3v) is 8.21. The van der Waals surface area contributed by atoms with Crippen LogP contribution in [0.15, 0.2) is 48.5 Å². The molecule has 2 saturated carbocycles. The van der Waals surface area contributed by atoms with Crippen LogP contribution in [-0.4, -0.2) is 34.5 Å². The van der Waals surface area contributed by atoms with Crippen molar-refractivity contribution in [2.75, 3.05) is 0 Å². The maximum Gasteiger partial charge on any atom is 0.303 e. The molecule has 0 spiro atoms. The number of hydrogen-bond donors (Lipinski definition) is 2. The second kappa shape index (κ2) is 8.20. The average molecular weight is 437 g/mol. The number of hydrogen-bond acceptors (Lipinski definition) is 5. The van der Waals surface area contributed by atoms with E-state index in [9.17, 15) is 15.0 Å². The van der Waals surface area contributed by atoms with Crippen molar-refractivity contribution >= 4 is 5.97 Å². The first-order chi connectivity index (χ1) is 15.4. The highest BCUT2D eigenvalue weighted by Crippen LogP contribution is 2.61. The van der Waals surface area contributed by atoms with Gasteiger partial charge in [0.05, 0.1) is 6.10 Å². The zero-order valence-electron chi connectivity index (χ0n) is 18.7. The van der Waals surface area contributed by atoms with E-state index in [-0.39, 0.29) is 11.8 Å². The van der Waals surface area contributed by atoms with Gasteiger partial charge in [0.2, 0.25) is 0 Å². The van der Waals surface area contributed by atoms with Gasteiger partial charge < -0.3 is 19.7 Å². The van der Waals surface area contributed by atoms with Gasteiger partial charge in [-0.25, -0.2) is 0 Å². The molecule has 0 unspecified atom stereocenters. The second-order valence-electron chi connectivity index (χ2n) is 10.0. The molecule has 2 fully saturated rings. The SMILES string of the molecule is CC(=O)O[C@@H]1[C@@H](O)[C@@H](O)[C@H]2[C@@H]3CCc4cc(OCc5ccccc5)ccc4[C@H]3CC[C@@]21C. The number of ether oxygens (including phenoxy) is 2. The molecule has 2 aromatic rings. The van der Waals surface area contributed by atoms with Crippen LogP contribution >= 0.6 is 0 Å². The predicted octanol–water partition coefficient (Wildman–Crippen LogP) is 4.00. The fraction of sp³-hybridized carbons (Fsp3) is 0.519. The Morgan fingerprint density at radius 2 is 1.88 bits per heavy atom. The highest BCUT2D eigenvalue weighted by molar-refractivity contribution is 5.66. The van der Waals surface area contributed by atoms with Crippen molar-refractivity contribution in [2.45, 2.75) is 70.4 Å². The van der Waals surface area contributed by atoms with E-state index in [0.29, 0.717) is 12.5 Å². The van der Waals surface area contributed by atoms with Gasteiger partial charge in [-0.3, -0.25) is 4.79 Å². The summed E-state index contributed by atoms with van der Waals surface area (Å²) in [6, 6.07) is 16.6. The lowest BCUT2D eigenvalue weighted by Crippen LogP contribution is -2.47. The van der Waals surface area contributed by atoms with Crippen molar-refractivity contribution in [3.63, 3.8) is 0 Å². The van der Waals surface area contributed by atoms with Gasteiger partial charge in [0.1, 0.15) is 24.6 Å². The summed E-state index contributed by atoms with van der Waals surface area (Å²) in [7, 11) is 0. The first-order valence-corrected chi connectivity index (χ1v) is 11.7. The van der Waals surface area contributed by atoms with Gasteiger partial charge in [-0.1, -0.05) is 43.3 Å². The van der Waals surface area contributed by atoms with Crippen molar-refractivity contribution in [2.24, 2.45) is 17.3 Å². The van der Waals surface area contributed by atoms with E-state index < -0.39 is 29.7 Å². The Hall–Kier alpha value is -2.37. The van der Waals surface area contributed by atoms with Gasteiger partial charge in [0.25, 0.3) is 0 Å². The van der Waals surface area contributed by atoms with E-state index in [0.717, 1.165) is 37.0 Å². The Morgan fingerprint density at radius 1 is 1.09 bits per heavy atom. The van der Waals surface area contributed by atoms with Crippen molar-refractivity contribution in [1.82, 2.24) is 0 Å². The maximum absolute atomic E-state index is 11.7. The Labute approximate surface area is 189 Å². The molecular formula is C27H32O5. The molecule has 2 N–H and O–H groups in total. The number of esters is 1. The van der Waals surface area contributed by atoms with Crippen LogP contribution in [0.5, 0.6) is 5.75 Å². The van der Waals surface area contributed by atoms with Crippen molar-refractivity contribution in [1.29, 1.82) is 0 Å². The highest BCUT2D eigenvalue weighted by Gasteiger charge is 2.64. The van der Waals surface area contributed by atoms with Crippen LogP contribution in [0, 0.1) is 17.3 Å². The molecule has 0 aliphatic heterocycles. The van der Waals surface area contributed by atoms with Gasteiger partial charge in [0.15, 0.2) is 0 Å². The van der Waals surface area contributed by atoms with Crippen LogP contribution in [0.1, 0.15) is 55.7 Å². The number of aliphatic hydroxyl groups excluding tert-OH is 2. The molecule has 2 aromatic carbocycles. The number of fused-ring (bicyclic) bond motifs is 5. The zero-order chi connectivity index (χ0) is 22.5. The summed E-state index contributed by atoms with van der Waals surface area (Å²) in [5, 5.41) is 21.7. The summed E-state index contributed by atoms with van der Waals surface area (Å²) in [5.74, 6) is 1.02. The van der Waals surface area contributed by atoms with Crippen LogP contribution in [-0.2, 0) is 22.6 Å². The largest absolute Gasteiger partial charge is 0.489 e. The molecule has 0 saturated heterocycles. The van der Waals surface area contributed by atoms with E-state index in [1.54, 1.807) is 0 Å². The summed E-state index contributed by atoms with van der Waals surface area (Å²) in [6.45, 7) is 4.00. The lowest BCUT2D eigenvalue weighted by atomic mass is 9.55. The summed E-state index contributed by atoms with van der Waals surface area (Å²) in [4.78, 5) is 11.7. The normalized spacial score (nSPS) is 35.4. The number of carbonyl (C=O) groups is 1. The Kier molecular flexibility index (Phi) is 5.50. The molecule has 170 valence electrons. The molecule has 5 rings (SSSR count). The summed E-state index contributed by atoms with van der Waals surface area (Å²) < 4.78 is 11.6. The third-order valence-electron chi connectivity index (χ3n) is 8.21. The van der Waals surface area contributed by atoms with E-state index in [2.05, 4.69) is 37.3 Å². The van der Waals surface area contributed by atoms with Gasteiger partial charge in [-0.15, -0.1) is 0 Å². The molecule has 32 heavy (non-hydrogen) atoms. The summed E-state index contributed by atoms with van der Waals surface area (Å²) in [5.41, 5.74) is 3.41. The third kappa shape index (κ3) is 3.52. The number of aryl methyl sites for hydroxylation is 1. The second-order valence-corrected chi connectivity index (χ2v) is 10.0. The van der Waals surface area contributed by atoms with Crippen molar-refractivity contribution in [3.05, 3.63) is 65.2 Å². The van der Waals surface area contributed by atoms with Crippen molar-refractivity contribution < 1.29 is 24.5 Å². The van der Waals surface area contributed by atoms with E-state index >= 15 is 0 Å². The Morgan fingerprint density at radius 3 is 2.62 bits per heavy atom. The quantitative estimate of drug-likeness (QED) is 0.709. The Balaban J connectivity index is 1.36. The molecular weight excluding hydrogens is 404 g/mol. The first-order valence-electron chi connectivity index (χ1n) is 11.7. The van der Waals surface area contributed by atoms with Crippen LogP contribution in [0.3, 0.4) is 0 Å². The molecule has 0 amide bonds. The minimum atomic E-state index is -1.03. The molecule has 0 heterocycles. The van der Waals surface area contributed by atoms with Crippen LogP contribution in [0.2, 0.25) is 0 Å². The molecule has 0 bridgehead atoms. The van der Waals surface area contributed by atoms with Crippen LogP contribution in [0.4, 0.5) is 0 Å². The van der Waals surface area contributed by atoms with Crippen LogP contribution in [0.25, 0.3) is 0 Å². The monoisotopic (exact) mass is 436 g/mol. The number of benzene rings is 2. The lowest BCUT2D eigenvalue weighted by molar-refractivity contribution is -0.161. The Bertz CT molecular complexity index is 989. The van der Waals surface area contributed by atoms with Gasteiger partial charge >= 0.3 is 5.97 Å². The minimum Gasteiger partial charge on any atom is -0.489 e. The molecule has 3 aliphatic rings. The lowest BCUT2D eigenvalue weighted by Gasteiger charge is -2.50. The average Bonchev–Trinajstić information content (AvgIpc) is 2.98. The van der Waals surface area contributed by atoms with Crippen molar-refractivity contribution in [3.8, 4) is 5.75 Å². The number of rotatable bonds is 4. The zero-order valence-corrected chi connectivity index (χ0v) is 18.7. The minimum absolute atomic E-state index is 0.0808. The molecule has 5 nitrogen and oxygen atoms in total. The molecule has 0 aromatic heterocycles. The standard InChI is InChI=1S/C27H32O5/c1-16(28)32-26-25(30)24(29)23-22-10-8-18-14-19(31-15-17-6-4-3-5-7-17)9-11-20(18)21(22)12-13-27(23,26)2/h3-7,9,11,14,21-26,29-30H,8,10,12-13,15H2,1-2H3/t21-,22-,23-,24+,25+,26-,27+/m1/s1. The molecule has 7 atom stereocenters.